The molecule has 0 fully saturated rings. The number of ether oxygens (including phenoxy) is 6. The summed E-state index contributed by atoms with van der Waals surface area (Å²) in [5, 5.41) is 13.3. The predicted octanol–water partition coefficient (Wildman–Crippen LogP) is -0.732. The van der Waals surface area contributed by atoms with Gasteiger partial charge in [0.25, 0.3) is 0 Å². The largest absolute Gasteiger partial charge is 0.447 e. The summed E-state index contributed by atoms with van der Waals surface area (Å²) in [5.41, 5.74) is 2.82. The lowest BCUT2D eigenvalue weighted by Gasteiger charge is -2.12. The molecule has 0 saturated carbocycles. The van der Waals surface area contributed by atoms with Crippen LogP contribution in [0.2, 0.25) is 0 Å². The fraction of sp³-hybridized carbons (Fsp3) is 0.633. The predicted molar refractivity (Wildman–Crippen MR) is 166 cm³/mol. The highest BCUT2D eigenvalue weighted by molar-refractivity contribution is 5.78. The second-order valence-electron chi connectivity index (χ2n) is 9.86. The smallest absolute Gasteiger partial charge is 0.407 e. The molecule has 46 heavy (non-hydrogen) atoms. The van der Waals surface area contributed by atoms with Crippen LogP contribution in [0.1, 0.15) is 23.6 Å². The molecule has 0 spiro atoms. The molecular formula is C30H49N5O11. The molecule has 0 aliphatic heterocycles. The van der Waals surface area contributed by atoms with E-state index < -0.39 is 12.1 Å². The summed E-state index contributed by atoms with van der Waals surface area (Å²) in [4.78, 5) is 58.6. The van der Waals surface area contributed by atoms with Gasteiger partial charge in [0.2, 0.25) is 17.7 Å². The summed E-state index contributed by atoms with van der Waals surface area (Å²) >= 11 is 0. The summed E-state index contributed by atoms with van der Waals surface area (Å²) in [5.74, 6) is -0.828. The van der Waals surface area contributed by atoms with Crippen molar-refractivity contribution in [2.75, 3.05) is 98.7 Å². The van der Waals surface area contributed by atoms with Crippen LogP contribution in [0.4, 0.5) is 4.79 Å². The molecule has 1 rings (SSSR count). The van der Waals surface area contributed by atoms with Gasteiger partial charge in [-0.3, -0.25) is 14.4 Å². The lowest BCUT2D eigenvalue weighted by atomic mass is 10.1. The molecule has 0 bridgehead atoms. The van der Waals surface area contributed by atoms with Gasteiger partial charge in [0.15, 0.2) is 0 Å². The molecule has 260 valence electrons. The lowest BCUT2D eigenvalue weighted by molar-refractivity contribution is -0.139. The molecule has 16 heteroatoms. The normalized spacial score (nSPS) is 10.6. The molecular weight excluding hydrogens is 606 g/mol. The number of nitrogens with one attached hydrogen (secondary N) is 5. The summed E-state index contributed by atoms with van der Waals surface area (Å²) < 4.78 is 31.3. The fourth-order valence-electron chi connectivity index (χ4n) is 3.72. The maximum atomic E-state index is 12.0. The van der Waals surface area contributed by atoms with Crippen molar-refractivity contribution < 1.29 is 52.4 Å². The van der Waals surface area contributed by atoms with Gasteiger partial charge in [-0.25, -0.2) is 9.59 Å². The van der Waals surface area contributed by atoms with E-state index in [0.717, 1.165) is 16.7 Å². The minimum absolute atomic E-state index is 0.00934. The molecule has 0 aliphatic carbocycles. The average Bonchev–Trinajstić information content (AvgIpc) is 3.00. The maximum Gasteiger partial charge on any atom is 0.407 e. The van der Waals surface area contributed by atoms with E-state index in [9.17, 15) is 24.0 Å². The van der Waals surface area contributed by atoms with Crippen molar-refractivity contribution in [3.05, 3.63) is 28.8 Å². The second-order valence-corrected chi connectivity index (χ2v) is 9.86. The van der Waals surface area contributed by atoms with E-state index >= 15 is 0 Å². The number of hydrogen-bond acceptors (Lipinski definition) is 12. The van der Waals surface area contributed by atoms with Gasteiger partial charge in [0.05, 0.1) is 39.6 Å². The monoisotopic (exact) mass is 655 g/mol. The van der Waals surface area contributed by atoms with E-state index in [-0.39, 0.29) is 103 Å². The van der Waals surface area contributed by atoms with Crippen LogP contribution in [-0.4, -0.2) is 129 Å². The van der Waals surface area contributed by atoms with Gasteiger partial charge >= 0.3 is 12.1 Å². The third-order valence-corrected chi connectivity index (χ3v) is 5.72. The minimum atomic E-state index is -0.657. The van der Waals surface area contributed by atoms with E-state index in [4.69, 9.17) is 28.4 Å². The summed E-state index contributed by atoms with van der Waals surface area (Å²) in [6, 6.07) is 3.86. The SMILES string of the molecule is CCNCC(=O)NCCOCC(=O)NCCOCC(=O)NCCOCCOC(=O)NCCOCC(=O)Oc1c(C)cc(C)cc1C. The Bertz CT molecular complexity index is 1060. The van der Waals surface area contributed by atoms with Crippen molar-refractivity contribution in [2.45, 2.75) is 27.7 Å². The van der Waals surface area contributed by atoms with Gasteiger partial charge in [0.1, 0.15) is 32.2 Å². The van der Waals surface area contributed by atoms with E-state index in [0.29, 0.717) is 18.8 Å². The molecule has 0 atom stereocenters. The Morgan fingerprint density at radius 2 is 1.11 bits per heavy atom. The van der Waals surface area contributed by atoms with Gasteiger partial charge in [-0.15, -0.1) is 0 Å². The molecule has 4 amide bonds. The van der Waals surface area contributed by atoms with E-state index in [1.165, 1.54) is 0 Å². The van der Waals surface area contributed by atoms with Crippen molar-refractivity contribution in [1.82, 2.24) is 26.6 Å². The molecule has 1 aromatic carbocycles. The molecule has 0 heterocycles. The van der Waals surface area contributed by atoms with Crippen molar-refractivity contribution in [2.24, 2.45) is 0 Å². The number of benzene rings is 1. The highest BCUT2D eigenvalue weighted by atomic mass is 16.6. The third kappa shape index (κ3) is 21.0. The summed E-state index contributed by atoms with van der Waals surface area (Å²) in [7, 11) is 0. The van der Waals surface area contributed by atoms with Crippen molar-refractivity contribution in [3.8, 4) is 5.75 Å². The molecule has 5 N–H and O–H groups in total. The molecule has 16 nitrogen and oxygen atoms in total. The van der Waals surface area contributed by atoms with Crippen LogP contribution < -0.4 is 31.3 Å². The van der Waals surface area contributed by atoms with Gasteiger partial charge < -0.3 is 55.0 Å². The highest BCUT2D eigenvalue weighted by Gasteiger charge is 2.11. The van der Waals surface area contributed by atoms with E-state index in [1.807, 2.05) is 39.8 Å². The van der Waals surface area contributed by atoms with E-state index in [1.54, 1.807) is 0 Å². The molecule has 1 aromatic rings. The molecule has 0 radical (unpaired) electrons. The van der Waals surface area contributed by atoms with Crippen LogP contribution in [0.25, 0.3) is 0 Å². The zero-order chi connectivity index (χ0) is 34.0. The molecule has 0 unspecified atom stereocenters. The van der Waals surface area contributed by atoms with Crippen LogP contribution in [0.3, 0.4) is 0 Å². The first-order chi connectivity index (χ1) is 22.1. The Hall–Kier alpha value is -3.83. The van der Waals surface area contributed by atoms with Crippen molar-refractivity contribution in [1.29, 1.82) is 0 Å². The van der Waals surface area contributed by atoms with Gasteiger partial charge in [-0.1, -0.05) is 24.6 Å². The number of hydrogen-bond donors (Lipinski definition) is 5. The lowest BCUT2D eigenvalue weighted by Crippen LogP contribution is -2.36. The Balaban J connectivity index is 1.90. The Kier molecular flexibility index (Phi) is 22.2. The second kappa shape index (κ2) is 25.4. The van der Waals surface area contributed by atoms with Gasteiger partial charge in [-0.05, 0) is 38.4 Å². The standard InChI is InChI=1S/C30H49N5O11/c1-5-31-18-25(36)32-7-11-42-20-27(38)34-8-12-43-19-26(37)33-6-10-41-14-15-45-30(40)35-9-13-44-21-28(39)46-29-23(3)16-22(2)17-24(29)4/h16-17,31H,5-15,18-21H2,1-4H3,(H,32,36)(H,33,37)(H,34,38)(H,35,40). The Labute approximate surface area is 269 Å². The van der Waals surface area contributed by atoms with Crippen LogP contribution in [-0.2, 0) is 42.9 Å². The van der Waals surface area contributed by atoms with Crippen LogP contribution >= 0.6 is 0 Å². The highest BCUT2D eigenvalue weighted by Crippen LogP contribution is 2.24. The molecule has 0 aromatic heterocycles. The van der Waals surface area contributed by atoms with Crippen LogP contribution in [0.15, 0.2) is 12.1 Å². The Morgan fingerprint density at radius 3 is 1.67 bits per heavy atom. The zero-order valence-corrected chi connectivity index (χ0v) is 27.3. The maximum absolute atomic E-state index is 12.0. The summed E-state index contributed by atoms with van der Waals surface area (Å²) in [6.07, 6.45) is -0.657. The van der Waals surface area contributed by atoms with Crippen molar-refractivity contribution >= 4 is 29.8 Å². The zero-order valence-electron chi connectivity index (χ0n) is 27.3. The number of aryl methyl sites for hydroxylation is 3. The molecule has 0 saturated heterocycles. The number of rotatable bonds is 25. The van der Waals surface area contributed by atoms with Crippen LogP contribution in [0, 0.1) is 20.8 Å². The number of alkyl carbamates (subject to hydrolysis) is 1. The first-order valence-corrected chi connectivity index (χ1v) is 15.1. The van der Waals surface area contributed by atoms with Gasteiger partial charge in [0, 0.05) is 26.2 Å². The molecule has 0 aliphatic rings. The van der Waals surface area contributed by atoms with Crippen LogP contribution in [0.5, 0.6) is 5.75 Å². The number of carbonyl (C=O) groups excluding carboxylic acids is 5. The minimum Gasteiger partial charge on any atom is -0.447 e. The fourth-order valence-corrected chi connectivity index (χ4v) is 3.72. The van der Waals surface area contributed by atoms with Crippen molar-refractivity contribution in [3.63, 3.8) is 0 Å². The first kappa shape index (κ1) is 40.2. The summed E-state index contributed by atoms with van der Waals surface area (Å²) in [6.45, 7) is 9.65. The Morgan fingerprint density at radius 1 is 0.609 bits per heavy atom. The number of carbonyl (C=O) groups is 5. The topological polar surface area (TPSA) is 201 Å². The first-order valence-electron chi connectivity index (χ1n) is 15.1. The number of esters is 1. The quantitative estimate of drug-likeness (QED) is 0.0503. The number of likely N-dealkylation sites (N-methyl/N-ethyl adjacent to an activating group) is 1. The van der Waals surface area contributed by atoms with Gasteiger partial charge in [-0.2, -0.15) is 0 Å². The average molecular weight is 656 g/mol. The van der Waals surface area contributed by atoms with E-state index in [2.05, 4.69) is 26.6 Å². The third-order valence-electron chi connectivity index (χ3n) is 5.72. The number of amides is 4.